The van der Waals surface area contributed by atoms with E-state index < -0.39 is 0 Å². The van der Waals surface area contributed by atoms with E-state index in [9.17, 15) is 0 Å². The highest BCUT2D eigenvalue weighted by molar-refractivity contribution is 9.11. The fourth-order valence-corrected chi connectivity index (χ4v) is 4.09. The van der Waals surface area contributed by atoms with E-state index in [1.165, 1.54) is 5.75 Å². The molecule has 1 fully saturated rings. The minimum atomic E-state index is 0.451. The predicted octanol–water partition coefficient (Wildman–Crippen LogP) is 2.81. The van der Waals surface area contributed by atoms with E-state index in [4.69, 9.17) is 4.52 Å². The maximum atomic E-state index is 5.31. The van der Waals surface area contributed by atoms with Gasteiger partial charge >= 0.3 is 0 Å². The molecule has 1 N–H and O–H groups in total. The van der Waals surface area contributed by atoms with Gasteiger partial charge in [0.05, 0.1) is 8.66 Å². The lowest BCUT2D eigenvalue weighted by Gasteiger charge is -2.21. The van der Waals surface area contributed by atoms with Crippen molar-refractivity contribution in [2.75, 3.05) is 18.1 Å². The van der Waals surface area contributed by atoms with Crippen molar-refractivity contribution >= 4 is 39.0 Å². The molecule has 0 spiro atoms. The number of aromatic nitrogens is 2. The molecule has 2 aromatic heterocycles. The zero-order valence-electron chi connectivity index (χ0n) is 9.56. The molecule has 3 heterocycles. The highest BCUT2D eigenvalue weighted by Crippen LogP contribution is 2.29. The molecule has 1 aliphatic heterocycles. The molecule has 1 atom stereocenters. The van der Waals surface area contributed by atoms with Crippen LogP contribution in [0.3, 0.4) is 0 Å². The summed E-state index contributed by atoms with van der Waals surface area (Å²) in [6.07, 6.45) is 0.812. The number of thioether (sulfide) groups is 1. The largest absolute Gasteiger partial charge is 0.339 e. The van der Waals surface area contributed by atoms with Crippen LogP contribution < -0.4 is 5.32 Å². The first-order valence-corrected chi connectivity index (χ1v) is 8.47. The molecule has 0 amide bonds. The van der Waals surface area contributed by atoms with Crippen LogP contribution in [0.4, 0.5) is 0 Å². The summed E-state index contributed by atoms with van der Waals surface area (Å²) in [5, 5.41) is 7.50. The van der Waals surface area contributed by atoms with E-state index in [1.807, 2.05) is 23.9 Å². The second-order valence-electron chi connectivity index (χ2n) is 4.05. The monoisotopic (exact) mass is 345 g/mol. The van der Waals surface area contributed by atoms with E-state index in [0.29, 0.717) is 11.9 Å². The van der Waals surface area contributed by atoms with Gasteiger partial charge in [-0.05, 0) is 28.1 Å². The molecule has 2 aromatic rings. The molecule has 0 aromatic carbocycles. The minimum absolute atomic E-state index is 0.451. The van der Waals surface area contributed by atoms with Gasteiger partial charge in [0.2, 0.25) is 11.7 Å². The smallest absolute Gasteiger partial charge is 0.228 e. The minimum Gasteiger partial charge on any atom is -0.339 e. The molecule has 1 saturated heterocycles. The SMILES string of the molecule is Brc1ccc(-c2noc(CC3CSCCN3)n2)s1. The third kappa shape index (κ3) is 2.96. The quantitative estimate of drug-likeness (QED) is 0.926. The first-order chi connectivity index (χ1) is 8.81. The van der Waals surface area contributed by atoms with Gasteiger partial charge in [-0.2, -0.15) is 16.7 Å². The lowest BCUT2D eigenvalue weighted by atomic mass is 10.2. The van der Waals surface area contributed by atoms with Gasteiger partial charge < -0.3 is 9.84 Å². The predicted molar refractivity (Wildman–Crippen MR) is 78.1 cm³/mol. The van der Waals surface area contributed by atoms with E-state index in [2.05, 4.69) is 31.4 Å². The second kappa shape index (κ2) is 5.73. The van der Waals surface area contributed by atoms with Gasteiger partial charge in [-0.25, -0.2) is 0 Å². The Morgan fingerprint density at radius 2 is 2.44 bits per heavy atom. The summed E-state index contributed by atoms with van der Waals surface area (Å²) in [6.45, 7) is 1.06. The zero-order valence-corrected chi connectivity index (χ0v) is 12.8. The maximum Gasteiger partial charge on any atom is 0.228 e. The van der Waals surface area contributed by atoms with Gasteiger partial charge in [-0.1, -0.05) is 5.16 Å². The van der Waals surface area contributed by atoms with Gasteiger partial charge in [0, 0.05) is 30.5 Å². The Kier molecular flexibility index (Phi) is 4.03. The van der Waals surface area contributed by atoms with Crippen LogP contribution in [0.15, 0.2) is 20.4 Å². The van der Waals surface area contributed by atoms with Crippen molar-refractivity contribution in [3.05, 3.63) is 21.8 Å². The van der Waals surface area contributed by atoms with Crippen LogP contribution in [0, 0.1) is 0 Å². The second-order valence-corrected chi connectivity index (χ2v) is 7.66. The maximum absolute atomic E-state index is 5.31. The fraction of sp³-hybridized carbons (Fsp3) is 0.455. The van der Waals surface area contributed by atoms with Crippen LogP contribution in [-0.4, -0.2) is 34.2 Å². The van der Waals surface area contributed by atoms with Gasteiger partial charge in [0.1, 0.15) is 0 Å². The van der Waals surface area contributed by atoms with E-state index in [1.54, 1.807) is 11.3 Å². The van der Waals surface area contributed by atoms with Crippen LogP contribution in [0.5, 0.6) is 0 Å². The number of thiophene rings is 1. The Bertz CT molecular complexity index is 522. The molecule has 0 bridgehead atoms. The van der Waals surface area contributed by atoms with Crippen molar-refractivity contribution in [1.29, 1.82) is 0 Å². The zero-order chi connectivity index (χ0) is 12.4. The summed E-state index contributed by atoms with van der Waals surface area (Å²) >= 11 is 7.02. The Morgan fingerprint density at radius 3 is 3.17 bits per heavy atom. The van der Waals surface area contributed by atoms with E-state index in [-0.39, 0.29) is 0 Å². The highest BCUT2D eigenvalue weighted by atomic mass is 79.9. The standard InChI is InChI=1S/C11H12BrN3OS2/c12-9-2-1-8(18-9)11-14-10(16-15-11)5-7-6-17-4-3-13-7/h1-2,7,13H,3-6H2. The number of hydrogen-bond donors (Lipinski definition) is 1. The van der Waals surface area contributed by atoms with Crippen molar-refractivity contribution in [1.82, 2.24) is 15.5 Å². The molecule has 18 heavy (non-hydrogen) atoms. The van der Waals surface area contributed by atoms with Crippen LogP contribution in [-0.2, 0) is 6.42 Å². The van der Waals surface area contributed by atoms with Gasteiger partial charge in [-0.15, -0.1) is 11.3 Å². The van der Waals surface area contributed by atoms with Gasteiger partial charge in [0.25, 0.3) is 0 Å². The summed E-state index contributed by atoms with van der Waals surface area (Å²) in [4.78, 5) is 5.48. The molecular weight excluding hydrogens is 334 g/mol. The first-order valence-electron chi connectivity index (χ1n) is 5.71. The molecule has 1 aliphatic rings. The van der Waals surface area contributed by atoms with Gasteiger partial charge in [-0.3, -0.25) is 0 Å². The molecule has 0 radical (unpaired) electrons. The lowest BCUT2D eigenvalue weighted by molar-refractivity contribution is 0.363. The average molecular weight is 346 g/mol. The van der Waals surface area contributed by atoms with Crippen molar-refractivity contribution < 1.29 is 4.52 Å². The normalized spacial score (nSPS) is 20.2. The Morgan fingerprint density at radius 1 is 1.50 bits per heavy atom. The number of nitrogens with zero attached hydrogens (tertiary/aromatic N) is 2. The summed E-state index contributed by atoms with van der Waals surface area (Å²) in [7, 11) is 0. The number of rotatable bonds is 3. The summed E-state index contributed by atoms with van der Waals surface area (Å²) in [5.41, 5.74) is 0. The molecule has 3 rings (SSSR count). The topological polar surface area (TPSA) is 51.0 Å². The number of nitrogens with one attached hydrogen (secondary N) is 1. The van der Waals surface area contributed by atoms with Crippen LogP contribution in [0.2, 0.25) is 0 Å². The molecule has 0 saturated carbocycles. The Balaban J connectivity index is 1.69. The van der Waals surface area contributed by atoms with Crippen molar-refractivity contribution in [2.24, 2.45) is 0 Å². The van der Waals surface area contributed by atoms with Crippen molar-refractivity contribution in [2.45, 2.75) is 12.5 Å². The van der Waals surface area contributed by atoms with Crippen molar-refractivity contribution in [3.63, 3.8) is 0 Å². The Labute approximate surface area is 122 Å². The van der Waals surface area contributed by atoms with E-state index >= 15 is 0 Å². The van der Waals surface area contributed by atoms with Crippen LogP contribution in [0.1, 0.15) is 5.89 Å². The molecule has 96 valence electrons. The average Bonchev–Trinajstić information content (AvgIpc) is 2.99. The molecule has 0 aliphatic carbocycles. The number of halogens is 1. The summed E-state index contributed by atoms with van der Waals surface area (Å²) < 4.78 is 6.39. The number of hydrogen-bond acceptors (Lipinski definition) is 6. The molecular formula is C11H12BrN3OS2. The van der Waals surface area contributed by atoms with E-state index in [0.717, 1.165) is 33.3 Å². The molecule has 1 unspecified atom stereocenters. The Hall–Kier alpha value is -0.370. The first kappa shape index (κ1) is 12.7. The third-order valence-electron chi connectivity index (χ3n) is 2.68. The lowest BCUT2D eigenvalue weighted by Crippen LogP contribution is -2.38. The third-order valence-corrected chi connectivity index (χ3v) is 5.43. The molecule has 7 heteroatoms. The van der Waals surface area contributed by atoms with Gasteiger partial charge in [0.15, 0.2) is 0 Å². The van der Waals surface area contributed by atoms with Crippen LogP contribution in [0.25, 0.3) is 10.7 Å². The fourth-order valence-electron chi connectivity index (χ4n) is 1.83. The summed E-state index contributed by atoms with van der Waals surface area (Å²) in [5.74, 6) is 3.70. The highest BCUT2D eigenvalue weighted by Gasteiger charge is 2.18. The molecule has 4 nitrogen and oxygen atoms in total. The van der Waals surface area contributed by atoms with Crippen LogP contribution >= 0.6 is 39.0 Å². The van der Waals surface area contributed by atoms with Crippen molar-refractivity contribution in [3.8, 4) is 10.7 Å². The summed E-state index contributed by atoms with van der Waals surface area (Å²) in [6, 6.07) is 4.44.